The first-order valence-corrected chi connectivity index (χ1v) is 7.34. The van der Waals surface area contributed by atoms with Gasteiger partial charge >= 0.3 is 5.97 Å². The quantitative estimate of drug-likeness (QED) is 0.367. The van der Waals surface area contributed by atoms with Crippen LogP contribution in [0.25, 0.3) is 11.2 Å². The van der Waals surface area contributed by atoms with Crippen molar-refractivity contribution in [3.05, 3.63) is 11.5 Å². The van der Waals surface area contributed by atoms with Crippen molar-refractivity contribution in [3.63, 3.8) is 0 Å². The predicted octanol–water partition coefficient (Wildman–Crippen LogP) is 2.04. The van der Waals surface area contributed by atoms with E-state index in [0.29, 0.717) is 11.2 Å². The van der Waals surface area contributed by atoms with E-state index in [0.717, 1.165) is 0 Å². The summed E-state index contributed by atoms with van der Waals surface area (Å²) in [5.41, 5.74) is 0.294. The summed E-state index contributed by atoms with van der Waals surface area (Å²) in [6.07, 6.45) is 3.04. The Bertz CT molecular complexity index is 748. The number of rotatable bonds is 4. The molecule has 2 rings (SSSR count). The molecule has 0 saturated heterocycles. The number of ether oxygens (including phenoxy) is 1. The Hall–Kier alpha value is -2.22. The third kappa shape index (κ3) is 4.62. The van der Waals surface area contributed by atoms with E-state index < -0.39 is 5.60 Å². The van der Waals surface area contributed by atoms with E-state index in [2.05, 4.69) is 19.9 Å². The Labute approximate surface area is 139 Å². The van der Waals surface area contributed by atoms with Crippen molar-refractivity contribution in [1.82, 2.24) is 24.4 Å². The van der Waals surface area contributed by atoms with E-state index in [4.69, 9.17) is 16.3 Å². The highest BCUT2D eigenvalue weighted by Crippen LogP contribution is 2.22. The first-order chi connectivity index (χ1) is 10.7. The van der Waals surface area contributed by atoms with Crippen LogP contribution in [-0.4, -0.2) is 56.4 Å². The van der Waals surface area contributed by atoms with Gasteiger partial charge in [0.05, 0.1) is 12.7 Å². The normalized spacial score (nSPS) is 12.1. The lowest BCUT2D eigenvalue weighted by molar-refractivity contribution is -0.155. The van der Waals surface area contributed by atoms with Gasteiger partial charge in [0.15, 0.2) is 10.8 Å². The number of imidazole rings is 1. The third-order valence-corrected chi connectivity index (χ3v) is 2.80. The van der Waals surface area contributed by atoms with E-state index >= 15 is 0 Å². The number of aromatic nitrogens is 4. The maximum Gasteiger partial charge on any atom is 0.326 e. The fraction of sp³-hybridized carbons (Fsp3) is 0.500. The Morgan fingerprint density at radius 1 is 1.43 bits per heavy atom. The van der Waals surface area contributed by atoms with E-state index in [-0.39, 0.29) is 23.6 Å². The first-order valence-electron chi connectivity index (χ1n) is 6.96. The van der Waals surface area contributed by atoms with Gasteiger partial charge in [0.2, 0.25) is 0 Å². The van der Waals surface area contributed by atoms with Gasteiger partial charge in [-0.2, -0.15) is 9.97 Å². The molecule has 0 radical (unpaired) electrons. The van der Waals surface area contributed by atoms with E-state index in [1.807, 2.05) is 34.9 Å². The Morgan fingerprint density at radius 3 is 2.74 bits per heavy atom. The highest BCUT2D eigenvalue weighted by atomic mass is 35.5. The predicted molar refractivity (Wildman–Crippen MR) is 88.0 cm³/mol. The number of esters is 1. The molecule has 0 spiro atoms. The summed E-state index contributed by atoms with van der Waals surface area (Å²) in [6.45, 7) is 5.41. The van der Waals surface area contributed by atoms with Crippen LogP contribution >= 0.6 is 11.6 Å². The summed E-state index contributed by atoms with van der Waals surface area (Å²) in [4.78, 5) is 30.3. The molecule has 0 unspecified atom stereocenters. The second kappa shape index (κ2) is 6.49. The zero-order valence-corrected chi connectivity index (χ0v) is 14.5. The molecule has 0 aromatic carbocycles. The standard InChI is InChI=1S/C14H19ClN6O2/c1-14(2,3)23-9(22)6-21-8-16-10-11(15)18-13(19-12(10)21)17-7-20(4)5/h7-8H,6H2,1-5H3/b17-7+. The summed E-state index contributed by atoms with van der Waals surface area (Å²) in [6, 6.07) is 0. The van der Waals surface area contributed by atoms with Crippen molar-refractivity contribution < 1.29 is 9.53 Å². The van der Waals surface area contributed by atoms with Gasteiger partial charge in [0, 0.05) is 14.1 Å². The van der Waals surface area contributed by atoms with Gasteiger partial charge in [-0.25, -0.2) is 9.98 Å². The topological polar surface area (TPSA) is 85.5 Å². The van der Waals surface area contributed by atoms with Gasteiger partial charge in [0.25, 0.3) is 5.95 Å². The molecule has 0 N–H and O–H groups in total. The summed E-state index contributed by atoms with van der Waals surface area (Å²) in [7, 11) is 3.66. The summed E-state index contributed by atoms with van der Waals surface area (Å²) < 4.78 is 6.86. The van der Waals surface area contributed by atoms with Gasteiger partial charge in [-0.05, 0) is 20.8 Å². The van der Waals surface area contributed by atoms with Crippen LogP contribution in [0, 0.1) is 0 Å². The van der Waals surface area contributed by atoms with Crippen LogP contribution < -0.4 is 0 Å². The average molecular weight is 339 g/mol. The number of aliphatic imine (C=N–C) groups is 1. The third-order valence-electron chi connectivity index (χ3n) is 2.53. The lowest BCUT2D eigenvalue weighted by Gasteiger charge is -2.19. The molecule has 0 aliphatic carbocycles. The second-order valence-corrected chi connectivity index (χ2v) is 6.51. The first kappa shape index (κ1) is 17.1. The molecule has 0 aliphatic heterocycles. The largest absolute Gasteiger partial charge is 0.459 e. The minimum absolute atomic E-state index is 0.0159. The molecule has 0 fully saturated rings. The smallest absolute Gasteiger partial charge is 0.326 e. The number of halogens is 1. The minimum atomic E-state index is -0.554. The molecule has 0 bridgehead atoms. The number of hydrogen-bond donors (Lipinski definition) is 0. The van der Waals surface area contributed by atoms with Crippen molar-refractivity contribution in [2.24, 2.45) is 4.99 Å². The van der Waals surface area contributed by atoms with Crippen LogP contribution in [0.3, 0.4) is 0 Å². The monoisotopic (exact) mass is 338 g/mol. The highest BCUT2D eigenvalue weighted by molar-refractivity contribution is 6.33. The van der Waals surface area contributed by atoms with Crippen LogP contribution in [0.1, 0.15) is 20.8 Å². The maximum atomic E-state index is 12.0. The fourth-order valence-corrected chi connectivity index (χ4v) is 1.96. The molecule has 2 heterocycles. The van der Waals surface area contributed by atoms with E-state index in [9.17, 15) is 4.79 Å². The summed E-state index contributed by atoms with van der Waals surface area (Å²) in [5.74, 6) is -0.188. The maximum absolute atomic E-state index is 12.0. The average Bonchev–Trinajstić information content (AvgIpc) is 2.78. The van der Waals surface area contributed by atoms with Crippen molar-refractivity contribution >= 4 is 41.0 Å². The molecule has 2 aromatic heterocycles. The number of nitrogens with zero attached hydrogens (tertiary/aromatic N) is 6. The number of carbonyl (C=O) groups is 1. The van der Waals surface area contributed by atoms with Crippen LogP contribution in [-0.2, 0) is 16.1 Å². The molecule has 0 aliphatic rings. The lowest BCUT2D eigenvalue weighted by Crippen LogP contribution is -2.26. The van der Waals surface area contributed by atoms with Gasteiger partial charge in [-0.15, -0.1) is 0 Å². The molecule has 0 amide bonds. The molecule has 2 aromatic rings. The molecule has 124 valence electrons. The number of carbonyl (C=O) groups excluding carboxylic acids is 1. The Kier molecular flexibility index (Phi) is 4.84. The molecule has 9 heteroatoms. The second-order valence-electron chi connectivity index (χ2n) is 6.15. The fourth-order valence-electron chi connectivity index (χ4n) is 1.75. The van der Waals surface area contributed by atoms with Crippen molar-refractivity contribution in [3.8, 4) is 0 Å². The molecule has 0 atom stereocenters. The Balaban J connectivity index is 2.33. The van der Waals surface area contributed by atoms with Crippen LogP contribution in [0.4, 0.5) is 5.95 Å². The van der Waals surface area contributed by atoms with Gasteiger partial charge < -0.3 is 14.2 Å². The lowest BCUT2D eigenvalue weighted by atomic mass is 10.2. The molecular weight excluding hydrogens is 320 g/mol. The highest BCUT2D eigenvalue weighted by Gasteiger charge is 2.19. The molecule has 8 nitrogen and oxygen atoms in total. The van der Waals surface area contributed by atoms with Gasteiger partial charge in [0.1, 0.15) is 17.7 Å². The van der Waals surface area contributed by atoms with Crippen molar-refractivity contribution in [1.29, 1.82) is 0 Å². The minimum Gasteiger partial charge on any atom is -0.459 e. The van der Waals surface area contributed by atoms with Crippen LogP contribution in [0.15, 0.2) is 11.3 Å². The van der Waals surface area contributed by atoms with Crippen LogP contribution in [0.5, 0.6) is 0 Å². The van der Waals surface area contributed by atoms with Gasteiger partial charge in [-0.3, -0.25) is 4.79 Å². The summed E-state index contributed by atoms with van der Waals surface area (Å²) in [5, 5.41) is 0.184. The zero-order valence-electron chi connectivity index (χ0n) is 13.7. The molecule has 0 saturated carbocycles. The number of fused-ring (bicyclic) bond motifs is 1. The SMILES string of the molecule is CN(C)/C=N/c1nc(Cl)c2ncn(CC(=O)OC(C)(C)C)c2n1. The van der Waals surface area contributed by atoms with Gasteiger partial charge in [-0.1, -0.05) is 11.6 Å². The summed E-state index contributed by atoms with van der Waals surface area (Å²) >= 11 is 6.10. The Morgan fingerprint density at radius 2 is 2.13 bits per heavy atom. The van der Waals surface area contributed by atoms with Crippen LogP contribution in [0.2, 0.25) is 5.15 Å². The van der Waals surface area contributed by atoms with Crippen molar-refractivity contribution in [2.45, 2.75) is 32.9 Å². The number of hydrogen-bond acceptors (Lipinski definition) is 6. The molecular formula is C14H19ClN6O2. The zero-order chi connectivity index (χ0) is 17.2. The van der Waals surface area contributed by atoms with E-state index in [1.54, 1.807) is 15.8 Å². The van der Waals surface area contributed by atoms with E-state index in [1.165, 1.54) is 6.33 Å². The molecule has 23 heavy (non-hydrogen) atoms. The van der Waals surface area contributed by atoms with Crippen molar-refractivity contribution in [2.75, 3.05) is 14.1 Å².